The number of aromatic nitrogens is 3. The minimum atomic E-state index is 0.448. The Morgan fingerprint density at radius 3 is 3.07 bits per heavy atom. The molecule has 0 spiro atoms. The van der Waals surface area contributed by atoms with E-state index in [0.717, 1.165) is 53.9 Å². The smallest absolute Gasteiger partial charge is 0.144 e. The van der Waals surface area contributed by atoms with Gasteiger partial charge >= 0.3 is 0 Å². The highest BCUT2D eigenvalue weighted by Crippen LogP contribution is 2.41. The van der Waals surface area contributed by atoms with Crippen molar-refractivity contribution in [1.82, 2.24) is 20.3 Å². The molecule has 4 heterocycles. The first kappa shape index (κ1) is 16.5. The van der Waals surface area contributed by atoms with Gasteiger partial charge in [0.25, 0.3) is 0 Å². The lowest BCUT2D eigenvalue weighted by Crippen LogP contribution is -2.49. The van der Waals surface area contributed by atoms with Crippen LogP contribution in [0.3, 0.4) is 0 Å². The fraction of sp³-hybridized carbons (Fsp3) is 0.350. The van der Waals surface area contributed by atoms with Crippen LogP contribution in [0.25, 0.3) is 22.2 Å². The van der Waals surface area contributed by atoms with E-state index in [0.29, 0.717) is 22.8 Å². The van der Waals surface area contributed by atoms with Crippen molar-refractivity contribution >= 4 is 28.5 Å². The molecule has 2 atom stereocenters. The summed E-state index contributed by atoms with van der Waals surface area (Å²) in [5.74, 6) is 0.930. The van der Waals surface area contributed by atoms with E-state index in [4.69, 9.17) is 11.6 Å². The lowest BCUT2D eigenvalue weighted by Gasteiger charge is -2.38. The summed E-state index contributed by atoms with van der Waals surface area (Å²) in [6, 6.07) is 10.7. The number of benzene rings is 1. The first-order chi connectivity index (χ1) is 13.3. The van der Waals surface area contributed by atoms with Gasteiger partial charge in [-0.2, -0.15) is 5.26 Å². The Kier molecular flexibility index (Phi) is 4.00. The third-order valence-corrected chi connectivity index (χ3v) is 5.99. The molecule has 0 bridgehead atoms. The Hall–Kier alpha value is -2.62. The molecule has 3 aromatic rings. The molecule has 6 nitrogen and oxygen atoms in total. The normalized spacial score (nSPS) is 22.0. The third kappa shape index (κ3) is 2.66. The molecule has 27 heavy (non-hydrogen) atoms. The van der Waals surface area contributed by atoms with Gasteiger partial charge in [-0.3, -0.25) is 0 Å². The number of H-pyrrole nitrogens is 1. The number of halogens is 1. The monoisotopic (exact) mass is 378 g/mol. The molecule has 2 saturated heterocycles. The van der Waals surface area contributed by atoms with Gasteiger partial charge < -0.3 is 15.2 Å². The number of aromatic amines is 1. The molecule has 0 saturated carbocycles. The van der Waals surface area contributed by atoms with E-state index in [1.807, 2.05) is 18.2 Å². The van der Waals surface area contributed by atoms with Gasteiger partial charge in [-0.05, 0) is 43.5 Å². The summed E-state index contributed by atoms with van der Waals surface area (Å²) in [5, 5.41) is 14.4. The number of nitriles is 1. The molecule has 7 heteroatoms. The van der Waals surface area contributed by atoms with Crippen molar-refractivity contribution in [3.8, 4) is 17.2 Å². The molecule has 2 aliphatic rings. The fourth-order valence-corrected chi connectivity index (χ4v) is 4.84. The second kappa shape index (κ2) is 6.52. The van der Waals surface area contributed by atoms with Crippen LogP contribution in [0.4, 0.5) is 5.82 Å². The SMILES string of the molecule is N#Cc1cccc(-c2c(Cl)[nH]c3ncnc(N4CCC[C@H]5NCC[C@H]54)c23)c1. The summed E-state index contributed by atoms with van der Waals surface area (Å²) >= 11 is 6.58. The van der Waals surface area contributed by atoms with E-state index in [1.54, 1.807) is 12.4 Å². The zero-order valence-corrected chi connectivity index (χ0v) is 15.5. The van der Waals surface area contributed by atoms with Crippen LogP contribution in [0.2, 0.25) is 5.15 Å². The summed E-state index contributed by atoms with van der Waals surface area (Å²) < 4.78 is 0. The van der Waals surface area contributed by atoms with Crippen LogP contribution in [0.5, 0.6) is 0 Å². The van der Waals surface area contributed by atoms with Crippen LogP contribution < -0.4 is 10.2 Å². The van der Waals surface area contributed by atoms with E-state index in [-0.39, 0.29) is 0 Å². The maximum Gasteiger partial charge on any atom is 0.144 e. The Bertz CT molecular complexity index is 1050. The van der Waals surface area contributed by atoms with Crippen LogP contribution in [0.1, 0.15) is 24.8 Å². The third-order valence-electron chi connectivity index (χ3n) is 5.70. The van der Waals surface area contributed by atoms with Gasteiger partial charge in [-0.15, -0.1) is 0 Å². The number of piperidine rings is 1. The quantitative estimate of drug-likeness (QED) is 0.713. The van der Waals surface area contributed by atoms with Gasteiger partial charge in [-0.1, -0.05) is 23.7 Å². The number of rotatable bonds is 2. The van der Waals surface area contributed by atoms with Crippen LogP contribution in [-0.2, 0) is 0 Å². The maximum atomic E-state index is 9.27. The maximum absolute atomic E-state index is 9.27. The van der Waals surface area contributed by atoms with Crippen LogP contribution in [0, 0.1) is 11.3 Å². The number of anilines is 1. The van der Waals surface area contributed by atoms with Crippen molar-refractivity contribution in [1.29, 1.82) is 5.26 Å². The molecule has 2 N–H and O–H groups in total. The predicted octanol–water partition coefficient (Wildman–Crippen LogP) is 3.48. The average molecular weight is 379 g/mol. The molecule has 0 aliphatic carbocycles. The van der Waals surface area contributed by atoms with Gasteiger partial charge in [0, 0.05) is 24.2 Å². The Balaban J connectivity index is 1.71. The highest BCUT2D eigenvalue weighted by atomic mass is 35.5. The van der Waals surface area contributed by atoms with Crippen molar-refractivity contribution < 1.29 is 0 Å². The first-order valence-corrected chi connectivity index (χ1v) is 9.67. The minimum absolute atomic E-state index is 0.448. The summed E-state index contributed by atoms with van der Waals surface area (Å²) in [6.45, 7) is 2.03. The molecule has 136 valence electrons. The van der Waals surface area contributed by atoms with E-state index < -0.39 is 0 Å². The molecule has 2 aliphatic heterocycles. The molecular weight excluding hydrogens is 360 g/mol. The largest absolute Gasteiger partial charge is 0.351 e. The number of hydrogen-bond donors (Lipinski definition) is 2. The zero-order valence-electron chi connectivity index (χ0n) is 14.7. The van der Waals surface area contributed by atoms with E-state index in [1.165, 1.54) is 6.42 Å². The lowest BCUT2D eigenvalue weighted by molar-refractivity contribution is 0.410. The van der Waals surface area contributed by atoms with Gasteiger partial charge in [0.2, 0.25) is 0 Å². The topological polar surface area (TPSA) is 80.6 Å². The Morgan fingerprint density at radius 2 is 2.19 bits per heavy atom. The summed E-state index contributed by atoms with van der Waals surface area (Å²) in [4.78, 5) is 14.7. The van der Waals surface area contributed by atoms with E-state index >= 15 is 0 Å². The second-order valence-electron chi connectivity index (χ2n) is 7.18. The van der Waals surface area contributed by atoms with Crippen molar-refractivity contribution in [2.45, 2.75) is 31.3 Å². The number of fused-ring (bicyclic) bond motifs is 2. The molecule has 0 radical (unpaired) electrons. The minimum Gasteiger partial charge on any atom is -0.351 e. The summed E-state index contributed by atoms with van der Waals surface area (Å²) in [7, 11) is 0. The van der Waals surface area contributed by atoms with Gasteiger partial charge in [0.05, 0.1) is 17.0 Å². The Morgan fingerprint density at radius 1 is 1.26 bits per heavy atom. The molecule has 0 amide bonds. The van der Waals surface area contributed by atoms with Crippen molar-refractivity contribution in [2.24, 2.45) is 0 Å². The van der Waals surface area contributed by atoms with E-state index in [9.17, 15) is 5.26 Å². The van der Waals surface area contributed by atoms with Crippen molar-refractivity contribution in [3.63, 3.8) is 0 Å². The predicted molar refractivity (Wildman–Crippen MR) is 106 cm³/mol. The summed E-state index contributed by atoms with van der Waals surface area (Å²) in [5.41, 5.74) is 3.11. The molecule has 5 rings (SSSR count). The Labute approximate surface area is 162 Å². The standard InChI is InChI=1S/C20H19ClN6/c21-18-16(13-4-1-3-12(9-13)10-22)17-19(26-18)24-11-25-20(17)27-8-2-5-14-15(27)6-7-23-14/h1,3-4,9,11,14-15,23H,2,5-8H2,(H,24,25,26)/t14-,15-/m1/s1. The van der Waals surface area contributed by atoms with Crippen molar-refractivity contribution in [3.05, 3.63) is 41.3 Å². The van der Waals surface area contributed by atoms with Gasteiger partial charge in [-0.25, -0.2) is 9.97 Å². The zero-order chi connectivity index (χ0) is 18.4. The highest BCUT2D eigenvalue weighted by molar-refractivity contribution is 6.35. The van der Waals surface area contributed by atoms with Gasteiger partial charge in [0.15, 0.2) is 0 Å². The number of nitrogens with zero attached hydrogens (tertiary/aromatic N) is 4. The molecule has 2 fully saturated rings. The fourth-order valence-electron chi connectivity index (χ4n) is 4.54. The molecule has 0 unspecified atom stereocenters. The van der Waals surface area contributed by atoms with Crippen molar-refractivity contribution in [2.75, 3.05) is 18.0 Å². The van der Waals surface area contributed by atoms with Gasteiger partial charge in [0.1, 0.15) is 22.9 Å². The highest BCUT2D eigenvalue weighted by Gasteiger charge is 2.36. The van der Waals surface area contributed by atoms with Crippen LogP contribution >= 0.6 is 11.6 Å². The molecule has 1 aromatic carbocycles. The number of nitrogens with one attached hydrogen (secondary N) is 2. The van der Waals surface area contributed by atoms with Crippen LogP contribution in [-0.4, -0.2) is 40.1 Å². The van der Waals surface area contributed by atoms with E-state index in [2.05, 4.69) is 31.2 Å². The van der Waals surface area contributed by atoms with Crippen LogP contribution in [0.15, 0.2) is 30.6 Å². The lowest BCUT2D eigenvalue weighted by atomic mass is 9.96. The second-order valence-corrected chi connectivity index (χ2v) is 7.56. The summed E-state index contributed by atoms with van der Waals surface area (Å²) in [6.07, 6.45) is 5.07. The number of hydrogen-bond acceptors (Lipinski definition) is 5. The molecular formula is C20H19ClN6. The average Bonchev–Trinajstić information content (AvgIpc) is 3.31. The first-order valence-electron chi connectivity index (χ1n) is 9.29. The molecule has 2 aromatic heterocycles.